The fourth-order valence-corrected chi connectivity index (χ4v) is 4.15. The second-order valence-electron chi connectivity index (χ2n) is 8.62. The van der Waals surface area contributed by atoms with Crippen LogP contribution in [0.15, 0.2) is 103 Å². The number of imidazole rings is 1. The summed E-state index contributed by atoms with van der Waals surface area (Å²) in [5, 5.41) is 0. The lowest BCUT2D eigenvalue weighted by Crippen LogP contribution is -2.14. The monoisotopic (exact) mass is 432 g/mol. The molecule has 164 valence electrons. The van der Waals surface area contributed by atoms with Gasteiger partial charge in [-0.25, -0.2) is 4.98 Å². The Balaban J connectivity index is 1.57. The van der Waals surface area contributed by atoms with Gasteiger partial charge in [-0.3, -0.25) is 0 Å². The lowest BCUT2D eigenvalue weighted by molar-refractivity contribution is 0.0592. The molecule has 0 aliphatic heterocycles. The third-order valence-corrected chi connectivity index (χ3v) is 6.02. The van der Waals surface area contributed by atoms with Crippen molar-refractivity contribution in [2.75, 3.05) is 0 Å². The van der Waals surface area contributed by atoms with E-state index in [4.69, 9.17) is 9.72 Å². The van der Waals surface area contributed by atoms with Crippen LogP contribution in [0.4, 0.5) is 0 Å². The van der Waals surface area contributed by atoms with Crippen LogP contribution in [0.5, 0.6) is 0 Å². The molecule has 1 aromatic heterocycles. The number of hydrogen-bond donors (Lipinski definition) is 0. The van der Waals surface area contributed by atoms with E-state index in [1.54, 1.807) is 0 Å². The number of para-hydroxylation sites is 2. The van der Waals surface area contributed by atoms with Gasteiger partial charge in [0, 0.05) is 6.54 Å². The summed E-state index contributed by atoms with van der Waals surface area (Å²) in [4.78, 5) is 5.07. The van der Waals surface area contributed by atoms with Crippen molar-refractivity contribution in [1.29, 1.82) is 0 Å². The number of nitrogens with zero attached hydrogens (tertiary/aromatic N) is 2. The summed E-state index contributed by atoms with van der Waals surface area (Å²) in [5.74, 6) is 0.926. The second-order valence-corrected chi connectivity index (χ2v) is 8.62. The van der Waals surface area contributed by atoms with Crippen molar-refractivity contribution in [3.8, 4) is 0 Å². The first kappa shape index (κ1) is 21.2. The van der Waals surface area contributed by atoms with Crippen molar-refractivity contribution in [2.24, 2.45) is 0 Å². The number of hydrogen-bond acceptors (Lipinski definition) is 2. The Kier molecular flexibility index (Phi) is 6.05. The lowest BCUT2D eigenvalue weighted by Gasteiger charge is -2.20. The van der Waals surface area contributed by atoms with Gasteiger partial charge in [-0.2, -0.15) is 0 Å². The van der Waals surface area contributed by atoms with Gasteiger partial charge in [-0.05, 0) is 42.7 Å². The maximum atomic E-state index is 6.58. The van der Waals surface area contributed by atoms with Crippen molar-refractivity contribution < 1.29 is 4.74 Å². The van der Waals surface area contributed by atoms with Crippen LogP contribution in [0.1, 0.15) is 39.7 Å². The molecule has 33 heavy (non-hydrogen) atoms. The highest BCUT2D eigenvalue weighted by atomic mass is 16.5. The van der Waals surface area contributed by atoms with Gasteiger partial charge < -0.3 is 9.30 Å². The molecule has 0 aliphatic carbocycles. The van der Waals surface area contributed by atoms with Gasteiger partial charge in [0.25, 0.3) is 0 Å². The summed E-state index contributed by atoms with van der Waals surface area (Å²) in [7, 11) is 0. The zero-order valence-corrected chi connectivity index (χ0v) is 19.1. The van der Waals surface area contributed by atoms with Gasteiger partial charge in [0.1, 0.15) is 11.9 Å². The van der Waals surface area contributed by atoms with Crippen molar-refractivity contribution in [1.82, 2.24) is 9.55 Å². The lowest BCUT2D eigenvalue weighted by atomic mass is 10.1. The van der Waals surface area contributed by atoms with E-state index < -0.39 is 0 Å². The minimum atomic E-state index is -0.273. The number of ether oxygens (including phenoxy) is 1. The molecule has 5 aromatic rings. The summed E-state index contributed by atoms with van der Waals surface area (Å²) in [5.41, 5.74) is 8.12. The highest BCUT2D eigenvalue weighted by Gasteiger charge is 2.23. The number of benzene rings is 4. The van der Waals surface area contributed by atoms with Crippen molar-refractivity contribution >= 4 is 11.0 Å². The summed E-state index contributed by atoms with van der Waals surface area (Å²) >= 11 is 0. The third kappa shape index (κ3) is 4.74. The van der Waals surface area contributed by atoms with Crippen LogP contribution in [0.25, 0.3) is 11.0 Å². The minimum Gasteiger partial charge on any atom is -0.361 e. The Morgan fingerprint density at radius 1 is 0.697 bits per heavy atom. The van der Waals surface area contributed by atoms with E-state index in [1.165, 1.54) is 16.7 Å². The predicted octanol–water partition coefficient (Wildman–Crippen LogP) is 7.01. The standard InChI is InChI=1S/C30H28N2O/c1-22-12-16-24(17-13-22)20-32-28-11-7-6-10-27(28)31-30(32)29(26-8-4-3-5-9-26)33-21-25-18-14-23(2)15-19-25/h3-19,29H,20-21H2,1-2H3. The number of aryl methyl sites for hydroxylation is 2. The van der Waals surface area contributed by atoms with Gasteiger partial charge in [0.05, 0.1) is 17.6 Å². The fourth-order valence-electron chi connectivity index (χ4n) is 4.15. The molecule has 0 radical (unpaired) electrons. The highest BCUT2D eigenvalue weighted by molar-refractivity contribution is 5.76. The molecule has 1 heterocycles. The van der Waals surface area contributed by atoms with Crippen molar-refractivity contribution in [2.45, 2.75) is 33.1 Å². The molecule has 0 saturated heterocycles. The van der Waals surface area contributed by atoms with Gasteiger partial charge in [-0.15, -0.1) is 0 Å². The molecule has 5 rings (SSSR count). The zero-order valence-electron chi connectivity index (χ0n) is 19.1. The van der Waals surface area contributed by atoms with E-state index in [0.717, 1.165) is 34.5 Å². The molecule has 0 spiro atoms. The first-order valence-corrected chi connectivity index (χ1v) is 11.4. The third-order valence-electron chi connectivity index (χ3n) is 6.02. The number of rotatable bonds is 7. The van der Waals surface area contributed by atoms with Crippen LogP contribution >= 0.6 is 0 Å². The van der Waals surface area contributed by atoms with Crippen LogP contribution in [0, 0.1) is 13.8 Å². The molecule has 0 aliphatic rings. The smallest absolute Gasteiger partial charge is 0.144 e. The topological polar surface area (TPSA) is 27.1 Å². The van der Waals surface area contributed by atoms with Crippen LogP contribution in [-0.4, -0.2) is 9.55 Å². The first-order valence-electron chi connectivity index (χ1n) is 11.4. The Morgan fingerprint density at radius 2 is 1.30 bits per heavy atom. The predicted molar refractivity (Wildman–Crippen MR) is 134 cm³/mol. The van der Waals surface area contributed by atoms with Crippen LogP contribution in [0.2, 0.25) is 0 Å². The summed E-state index contributed by atoms with van der Waals surface area (Å²) < 4.78 is 8.88. The molecule has 0 fully saturated rings. The Labute approximate surface area is 195 Å². The summed E-state index contributed by atoms with van der Waals surface area (Å²) in [6, 6.07) is 36.0. The molecule has 0 saturated carbocycles. The van der Waals surface area contributed by atoms with E-state index >= 15 is 0 Å². The average molecular weight is 433 g/mol. The molecule has 0 amide bonds. The Morgan fingerprint density at radius 3 is 2.00 bits per heavy atom. The molecule has 3 nitrogen and oxygen atoms in total. The highest BCUT2D eigenvalue weighted by Crippen LogP contribution is 2.30. The van der Waals surface area contributed by atoms with Crippen LogP contribution in [0.3, 0.4) is 0 Å². The molecule has 3 heteroatoms. The molecule has 1 atom stereocenters. The maximum Gasteiger partial charge on any atom is 0.144 e. The van der Waals surface area contributed by atoms with Gasteiger partial charge >= 0.3 is 0 Å². The van der Waals surface area contributed by atoms with Gasteiger partial charge in [0.15, 0.2) is 0 Å². The van der Waals surface area contributed by atoms with E-state index in [1.807, 2.05) is 12.1 Å². The summed E-state index contributed by atoms with van der Waals surface area (Å²) in [6.45, 7) is 5.48. The Hall–Kier alpha value is -3.69. The molecular formula is C30H28N2O. The molecule has 0 N–H and O–H groups in total. The normalized spacial score (nSPS) is 12.2. The molecular weight excluding hydrogens is 404 g/mol. The van der Waals surface area contributed by atoms with E-state index in [9.17, 15) is 0 Å². The zero-order chi connectivity index (χ0) is 22.6. The average Bonchev–Trinajstić information content (AvgIpc) is 3.20. The van der Waals surface area contributed by atoms with Crippen molar-refractivity contribution in [3.63, 3.8) is 0 Å². The van der Waals surface area contributed by atoms with Gasteiger partial charge in [0.2, 0.25) is 0 Å². The molecule has 1 unspecified atom stereocenters. The van der Waals surface area contributed by atoms with Crippen molar-refractivity contribution in [3.05, 3.63) is 137 Å². The van der Waals surface area contributed by atoms with E-state index in [-0.39, 0.29) is 6.10 Å². The maximum absolute atomic E-state index is 6.58. The number of aromatic nitrogens is 2. The largest absolute Gasteiger partial charge is 0.361 e. The molecule has 4 aromatic carbocycles. The van der Waals surface area contributed by atoms with Gasteiger partial charge in [-0.1, -0.05) is 102 Å². The van der Waals surface area contributed by atoms with Crippen LogP contribution in [-0.2, 0) is 17.9 Å². The SMILES string of the molecule is Cc1ccc(COC(c2ccccc2)c2nc3ccccc3n2Cc2ccc(C)cc2)cc1. The Bertz CT molecular complexity index is 1340. The molecule has 0 bridgehead atoms. The fraction of sp³-hybridized carbons (Fsp3) is 0.167. The van der Waals surface area contributed by atoms with E-state index in [0.29, 0.717) is 6.61 Å². The van der Waals surface area contributed by atoms with E-state index in [2.05, 4.69) is 109 Å². The summed E-state index contributed by atoms with van der Waals surface area (Å²) in [6.07, 6.45) is -0.273. The minimum absolute atomic E-state index is 0.273. The number of fused-ring (bicyclic) bond motifs is 1. The quantitative estimate of drug-likeness (QED) is 0.277. The second kappa shape index (κ2) is 9.43. The van der Waals surface area contributed by atoms with Crippen LogP contribution < -0.4 is 0 Å². The first-order chi connectivity index (χ1) is 16.2.